The van der Waals surface area contributed by atoms with Crippen LogP contribution >= 0.6 is 11.8 Å². The minimum atomic E-state index is -4.78. The van der Waals surface area contributed by atoms with E-state index < -0.39 is 43.3 Å². The van der Waals surface area contributed by atoms with Crippen LogP contribution in [0, 0.1) is 0 Å². The minimum Gasteiger partial charge on any atom is -0.477 e. The van der Waals surface area contributed by atoms with Crippen molar-refractivity contribution in [3.63, 3.8) is 0 Å². The summed E-state index contributed by atoms with van der Waals surface area (Å²) in [5, 5.41) is 5.16. The SMILES string of the molecule is CS(=O)(=O)c1ccc(C(N)=O)c(N)c1.O=C(O)C1=CN(F)C(C(F)(F)F)S1. The number of anilines is 1. The van der Waals surface area contributed by atoms with Crippen LogP contribution in [0.5, 0.6) is 0 Å². The lowest BCUT2D eigenvalue weighted by Crippen LogP contribution is -2.33. The average Bonchev–Trinajstić information content (AvgIpc) is 2.89. The second kappa shape index (κ2) is 8.04. The van der Waals surface area contributed by atoms with Crippen molar-refractivity contribution in [1.82, 2.24) is 5.12 Å². The molecule has 1 unspecified atom stereocenters. The molecule has 0 fully saturated rings. The van der Waals surface area contributed by atoms with Gasteiger partial charge in [0.25, 0.3) is 5.91 Å². The first-order valence-electron chi connectivity index (χ1n) is 6.66. The molecule has 1 aromatic rings. The van der Waals surface area contributed by atoms with E-state index in [4.69, 9.17) is 16.6 Å². The predicted octanol–water partition coefficient (Wildman–Crippen LogP) is 1.51. The number of hydrogen-bond donors (Lipinski definition) is 3. The third kappa shape index (κ3) is 6.02. The van der Waals surface area contributed by atoms with Crippen molar-refractivity contribution in [2.45, 2.75) is 16.4 Å². The van der Waals surface area contributed by atoms with Crippen molar-refractivity contribution in [3.8, 4) is 0 Å². The molecule has 0 saturated carbocycles. The predicted molar refractivity (Wildman–Crippen MR) is 88.6 cm³/mol. The summed E-state index contributed by atoms with van der Waals surface area (Å²) >= 11 is -0.0787. The molecule has 14 heteroatoms. The normalized spacial score (nSPS) is 17.0. The molecule has 8 nitrogen and oxygen atoms in total. The number of carbonyl (C=O) groups excluding carboxylic acids is 1. The van der Waals surface area contributed by atoms with Crippen molar-refractivity contribution < 1.29 is 40.8 Å². The lowest BCUT2D eigenvalue weighted by atomic mass is 10.2. The van der Waals surface area contributed by atoms with Gasteiger partial charge in [0, 0.05) is 11.9 Å². The number of nitrogen functional groups attached to an aromatic ring is 1. The number of sulfone groups is 1. The van der Waals surface area contributed by atoms with Crippen LogP contribution in [0.1, 0.15) is 10.4 Å². The molecule has 0 saturated heterocycles. The molecule has 0 aromatic heterocycles. The van der Waals surface area contributed by atoms with Crippen molar-refractivity contribution in [1.29, 1.82) is 0 Å². The van der Waals surface area contributed by atoms with E-state index in [1.807, 2.05) is 0 Å². The second-order valence-corrected chi connectivity index (χ2v) is 8.18. The van der Waals surface area contributed by atoms with Gasteiger partial charge in [0.2, 0.25) is 5.37 Å². The summed E-state index contributed by atoms with van der Waals surface area (Å²) in [5.74, 6) is -2.25. The van der Waals surface area contributed by atoms with Gasteiger partial charge in [0.15, 0.2) is 9.84 Å². The number of nitrogens with zero attached hydrogens (tertiary/aromatic N) is 1. The molecule has 1 aliphatic heterocycles. The maximum absolute atomic E-state index is 12.4. The van der Waals surface area contributed by atoms with E-state index in [1.54, 1.807) is 0 Å². The fourth-order valence-electron chi connectivity index (χ4n) is 1.69. The molecular weight excluding hydrogens is 418 g/mol. The lowest BCUT2D eigenvalue weighted by Gasteiger charge is -2.17. The first-order valence-corrected chi connectivity index (χ1v) is 9.43. The smallest absolute Gasteiger partial charge is 0.421 e. The zero-order valence-corrected chi connectivity index (χ0v) is 15.0. The summed E-state index contributed by atoms with van der Waals surface area (Å²) in [4.78, 5) is 20.4. The third-order valence-electron chi connectivity index (χ3n) is 2.91. The summed E-state index contributed by atoms with van der Waals surface area (Å²) in [6.07, 6.45) is -3.41. The van der Waals surface area contributed by atoms with Crippen molar-refractivity contribution >= 4 is 39.2 Å². The summed E-state index contributed by atoms with van der Waals surface area (Å²) in [5.41, 5.74) is 10.7. The van der Waals surface area contributed by atoms with Crippen LogP contribution in [0.15, 0.2) is 34.2 Å². The highest BCUT2D eigenvalue weighted by Crippen LogP contribution is 2.42. The van der Waals surface area contributed by atoms with Crippen LogP contribution in [-0.2, 0) is 14.6 Å². The zero-order valence-electron chi connectivity index (χ0n) is 13.4. The van der Waals surface area contributed by atoms with E-state index >= 15 is 0 Å². The van der Waals surface area contributed by atoms with E-state index in [-0.39, 0.29) is 27.9 Å². The van der Waals surface area contributed by atoms with Gasteiger partial charge >= 0.3 is 12.1 Å². The highest BCUT2D eigenvalue weighted by Gasteiger charge is 2.49. The monoisotopic (exact) mass is 431 g/mol. The Morgan fingerprint density at radius 1 is 1.30 bits per heavy atom. The quantitative estimate of drug-likeness (QED) is 0.371. The number of rotatable bonds is 3. The number of hydrogen-bond acceptors (Lipinski definition) is 7. The molecule has 0 spiro atoms. The standard InChI is InChI=1S/C8H10N2O3S.C5H3F4NO2S/c1-14(12,13)5-2-3-6(8(10)11)7(9)4-5;6-5(7,8)4-10(9)1-2(13-4)3(11)12/h2-4H,9H2,1H3,(H2,10,11);1,4H,(H,11,12). The molecule has 2 rings (SSSR count). The molecule has 1 aromatic carbocycles. The van der Waals surface area contributed by atoms with Crippen LogP contribution in [-0.4, -0.2) is 48.3 Å². The van der Waals surface area contributed by atoms with Gasteiger partial charge < -0.3 is 16.6 Å². The van der Waals surface area contributed by atoms with Crippen LogP contribution in [0.4, 0.5) is 23.3 Å². The minimum absolute atomic E-state index is 0.0694. The molecular formula is C13H13F4N3O5S2. The molecule has 5 N–H and O–H groups in total. The molecule has 1 amide bonds. The summed E-state index contributed by atoms with van der Waals surface area (Å²) in [7, 11) is -3.30. The van der Waals surface area contributed by atoms with Crippen molar-refractivity contribution in [3.05, 3.63) is 34.9 Å². The van der Waals surface area contributed by atoms with E-state index in [9.17, 15) is 35.7 Å². The molecule has 150 valence electrons. The molecule has 0 radical (unpaired) electrons. The highest BCUT2D eigenvalue weighted by molar-refractivity contribution is 8.04. The number of benzene rings is 1. The van der Waals surface area contributed by atoms with Gasteiger partial charge in [-0.15, -0.1) is 0 Å². The number of carboxylic acid groups (broad SMARTS) is 1. The zero-order chi connectivity index (χ0) is 21.2. The van der Waals surface area contributed by atoms with E-state index in [1.165, 1.54) is 18.2 Å². The Morgan fingerprint density at radius 2 is 1.85 bits per heavy atom. The second-order valence-electron chi connectivity index (χ2n) is 5.04. The van der Waals surface area contributed by atoms with Crippen molar-refractivity contribution in [2.75, 3.05) is 12.0 Å². The summed E-state index contributed by atoms with van der Waals surface area (Å²) in [6, 6.07) is 3.81. The summed E-state index contributed by atoms with van der Waals surface area (Å²) in [6.45, 7) is 0. The van der Waals surface area contributed by atoms with Gasteiger partial charge in [-0.3, -0.25) is 4.79 Å². The van der Waals surface area contributed by atoms with Crippen LogP contribution < -0.4 is 11.5 Å². The molecule has 0 aliphatic carbocycles. The molecule has 1 heterocycles. The molecule has 1 aliphatic rings. The number of amides is 1. The van der Waals surface area contributed by atoms with Crippen LogP contribution in [0.25, 0.3) is 0 Å². The third-order valence-corrected chi connectivity index (χ3v) is 5.25. The Labute approximate surface area is 154 Å². The van der Waals surface area contributed by atoms with Gasteiger partial charge in [0.05, 0.1) is 16.7 Å². The number of alkyl halides is 3. The largest absolute Gasteiger partial charge is 0.477 e. The van der Waals surface area contributed by atoms with Gasteiger partial charge in [-0.05, 0) is 18.2 Å². The molecule has 27 heavy (non-hydrogen) atoms. The van der Waals surface area contributed by atoms with Crippen molar-refractivity contribution in [2.24, 2.45) is 5.73 Å². The van der Waals surface area contributed by atoms with E-state index in [2.05, 4.69) is 0 Å². The number of carboxylic acids is 1. The molecule has 1 atom stereocenters. The number of primary amides is 1. The Morgan fingerprint density at radius 3 is 2.15 bits per heavy atom. The Balaban J connectivity index is 0.000000271. The number of halogens is 4. The van der Waals surface area contributed by atoms with Crippen LogP contribution in [0.2, 0.25) is 0 Å². The lowest BCUT2D eigenvalue weighted by molar-refractivity contribution is -0.175. The summed E-state index contributed by atoms with van der Waals surface area (Å²) < 4.78 is 70.4. The maximum Gasteiger partial charge on any atom is 0.421 e. The van der Waals surface area contributed by atoms with Gasteiger partial charge in [-0.1, -0.05) is 16.2 Å². The fraction of sp³-hybridized carbons (Fsp3) is 0.231. The Hall–Kier alpha value is -2.48. The van der Waals surface area contributed by atoms with Crippen LogP contribution in [0.3, 0.4) is 0 Å². The number of aliphatic carboxylic acids is 1. The molecule has 0 bridgehead atoms. The van der Waals surface area contributed by atoms with E-state index in [0.717, 1.165) is 6.26 Å². The maximum atomic E-state index is 12.4. The Bertz CT molecular complexity index is 886. The number of thioether (sulfide) groups is 1. The number of nitrogens with two attached hydrogens (primary N) is 2. The first kappa shape index (κ1) is 22.6. The Kier molecular flexibility index (Phi) is 6.72. The average molecular weight is 431 g/mol. The van der Waals surface area contributed by atoms with Gasteiger partial charge in [-0.25, -0.2) is 13.2 Å². The van der Waals surface area contributed by atoms with E-state index in [0.29, 0.717) is 6.20 Å². The topological polar surface area (TPSA) is 144 Å². The fourth-order valence-corrected chi connectivity index (χ4v) is 3.14. The number of carbonyl (C=O) groups is 2. The van der Waals surface area contributed by atoms with Gasteiger partial charge in [0.1, 0.15) is 4.91 Å². The van der Waals surface area contributed by atoms with Gasteiger partial charge in [-0.2, -0.15) is 18.3 Å². The highest BCUT2D eigenvalue weighted by atomic mass is 32.2. The first-order chi connectivity index (χ1) is 12.1.